The van der Waals surface area contributed by atoms with Crippen LogP contribution in [0.5, 0.6) is 11.5 Å². The molecule has 216 valence electrons. The van der Waals surface area contributed by atoms with Gasteiger partial charge in [-0.1, -0.05) is 65.5 Å². The number of esters is 2. The minimum atomic E-state index is -0.648. The maximum atomic E-state index is 14.2. The lowest BCUT2D eigenvalue weighted by Crippen LogP contribution is -2.28. The summed E-state index contributed by atoms with van der Waals surface area (Å²) in [6.07, 6.45) is 7.93. The molecule has 2 aromatic rings. The minimum absolute atomic E-state index is 0.126. The summed E-state index contributed by atoms with van der Waals surface area (Å²) in [6.45, 7) is 13.2. The third-order valence-electron chi connectivity index (χ3n) is 8.51. The molecule has 2 amide bonds. The Morgan fingerprint density at radius 1 is 0.571 bits per heavy atom. The van der Waals surface area contributed by atoms with E-state index in [2.05, 4.69) is 27.0 Å². The highest BCUT2D eigenvalue weighted by Crippen LogP contribution is 2.51. The van der Waals surface area contributed by atoms with Crippen molar-refractivity contribution in [3.8, 4) is 11.5 Å². The van der Waals surface area contributed by atoms with Crippen molar-refractivity contribution in [2.45, 2.75) is 65.2 Å². The fourth-order valence-corrected chi connectivity index (χ4v) is 6.22. The Labute approximate surface area is 245 Å². The van der Waals surface area contributed by atoms with Crippen molar-refractivity contribution in [3.05, 3.63) is 59.7 Å². The summed E-state index contributed by atoms with van der Waals surface area (Å²) in [5.74, 6) is -1.11. The van der Waals surface area contributed by atoms with E-state index in [1.54, 1.807) is 21.9 Å². The molecule has 2 aromatic carbocycles. The van der Waals surface area contributed by atoms with E-state index < -0.39 is 11.9 Å². The van der Waals surface area contributed by atoms with Crippen LogP contribution in [0, 0.1) is 0 Å². The summed E-state index contributed by atoms with van der Waals surface area (Å²) in [7, 11) is 0. The summed E-state index contributed by atoms with van der Waals surface area (Å²) in [5.41, 5.74) is 4.44. The van der Waals surface area contributed by atoms with E-state index in [9.17, 15) is 19.2 Å². The standard InChI is InChI=1S/C34H34N2O6/c1-5-7-9-11-13-35-25-16-23-26(15-21(25)19(3)31(35)37)36(14-12-10-8-6-2)32(38)29(23)30-24-18-27-22(20(4)33(39)41-27)17-28(24)42-34(30)40/h15-18H,3-14H2,1-2H3/b30-29+. The zero-order chi connectivity index (χ0) is 29.7. The fourth-order valence-electron chi connectivity index (χ4n) is 6.22. The van der Waals surface area contributed by atoms with Gasteiger partial charge in [-0.25, -0.2) is 9.59 Å². The van der Waals surface area contributed by atoms with Crippen LogP contribution in [0.25, 0.3) is 22.3 Å². The summed E-state index contributed by atoms with van der Waals surface area (Å²) < 4.78 is 11.0. The zero-order valence-electron chi connectivity index (χ0n) is 24.1. The van der Waals surface area contributed by atoms with Crippen molar-refractivity contribution in [1.29, 1.82) is 0 Å². The van der Waals surface area contributed by atoms with Crippen LogP contribution in [0.1, 0.15) is 87.5 Å². The average molecular weight is 567 g/mol. The number of rotatable bonds is 10. The van der Waals surface area contributed by atoms with Crippen molar-refractivity contribution in [3.63, 3.8) is 0 Å². The van der Waals surface area contributed by atoms with Gasteiger partial charge in [0, 0.05) is 40.9 Å². The van der Waals surface area contributed by atoms with E-state index in [0.717, 1.165) is 51.4 Å². The van der Waals surface area contributed by atoms with Crippen LogP contribution < -0.4 is 19.3 Å². The van der Waals surface area contributed by atoms with Gasteiger partial charge in [-0.2, -0.15) is 0 Å². The van der Waals surface area contributed by atoms with Crippen LogP contribution in [-0.2, 0) is 19.2 Å². The van der Waals surface area contributed by atoms with Crippen LogP contribution >= 0.6 is 0 Å². The number of anilines is 2. The highest BCUT2D eigenvalue weighted by molar-refractivity contribution is 6.47. The van der Waals surface area contributed by atoms with Crippen LogP contribution in [0.3, 0.4) is 0 Å². The van der Waals surface area contributed by atoms with Crippen molar-refractivity contribution < 1.29 is 28.7 Å². The lowest BCUT2D eigenvalue weighted by atomic mass is 9.93. The highest BCUT2D eigenvalue weighted by Gasteiger charge is 2.44. The van der Waals surface area contributed by atoms with Crippen molar-refractivity contribution in [1.82, 2.24) is 0 Å². The Kier molecular flexibility index (Phi) is 7.09. The predicted molar refractivity (Wildman–Crippen MR) is 162 cm³/mol. The number of unbranched alkanes of at least 4 members (excludes halogenated alkanes) is 6. The molecule has 0 fully saturated rings. The van der Waals surface area contributed by atoms with E-state index in [1.807, 2.05) is 12.1 Å². The lowest BCUT2D eigenvalue weighted by Gasteiger charge is -2.19. The average Bonchev–Trinajstić information content (AvgIpc) is 3.60. The number of hydrogen-bond acceptors (Lipinski definition) is 6. The maximum absolute atomic E-state index is 14.2. The molecule has 0 radical (unpaired) electrons. The Bertz CT molecular complexity index is 1630. The fraction of sp³-hybridized carbons (Fsp3) is 0.353. The van der Waals surface area contributed by atoms with Gasteiger partial charge in [0.05, 0.1) is 28.1 Å². The molecular formula is C34H34N2O6. The Morgan fingerprint density at radius 3 is 1.79 bits per heavy atom. The molecule has 0 aliphatic carbocycles. The smallest absolute Gasteiger partial charge is 0.345 e. The van der Waals surface area contributed by atoms with E-state index in [4.69, 9.17) is 9.47 Å². The second kappa shape index (κ2) is 10.7. The topological polar surface area (TPSA) is 93.2 Å². The van der Waals surface area contributed by atoms with E-state index >= 15 is 0 Å². The van der Waals surface area contributed by atoms with Gasteiger partial charge in [0.25, 0.3) is 11.8 Å². The second-order valence-electron chi connectivity index (χ2n) is 11.3. The molecule has 6 rings (SSSR count). The van der Waals surface area contributed by atoms with Crippen LogP contribution in [0.4, 0.5) is 11.4 Å². The van der Waals surface area contributed by atoms with Crippen LogP contribution in [-0.4, -0.2) is 36.8 Å². The normalized spacial score (nSPS) is 18.5. The number of carbonyl (C=O) groups is 4. The minimum Gasteiger partial charge on any atom is -0.422 e. The third kappa shape index (κ3) is 4.28. The molecule has 0 spiro atoms. The molecule has 4 aliphatic rings. The molecule has 0 atom stereocenters. The number of hydrogen-bond donors (Lipinski definition) is 0. The number of benzene rings is 2. The molecule has 0 saturated heterocycles. The molecule has 4 aliphatic heterocycles. The largest absolute Gasteiger partial charge is 0.422 e. The van der Waals surface area contributed by atoms with E-state index in [-0.39, 0.29) is 40.0 Å². The number of fused-ring (bicyclic) bond motifs is 4. The summed E-state index contributed by atoms with van der Waals surface area (Å²) in [4.78, 5) is 56.4. The van der Waals surface area contributed by atoms with Gasteiger partial charge in [-0.3, -0.25) is 9.59 Å². The Hall–Kier alpha value is -4.46. The SMILES string of the molecule is C=C1C(=O)Oc2cc3c(cc21)OC(=O)/C3=C1/C(=O)N(CCCCCC)c2cc3c(cc21)N(CCCCCC)C(=O)C3=C. The third-order valence-corrected chi connectivity index (χ3v) is 8.51. The maximum Gasteiger partial charge on any atom is 0.345 e. The molecule has 4 heterocycles. The molecule has 0 saturated carbocycles. The van der Waals surface area contributed by atoms with Crippen molar-refractivity contribution in [2.24, 2.45) is 0 Å². The molecule has 8 heteroatoms. The number of carbonyl (C=O) groups excluding carboxylic acids is 4. The highest BCUT2D eigenvalue weighted by atomic mass is 16.5. The molecular weight excluding hydrogens is 532 g/mol. The quantitative estimate of drug-likeness (QED) is 0.145. The monoisotopic (exact) mass is 566 g/mol. The summed E-state index contributed by atoms with van der Waals surface area (Å²) >= 11 is 0. The van der Waals surface area contributed by atoms with Crippen molar-refractivity contribution in [2.75, 3.05) is 22.9 Å². The summed E-state index contributed by atoms with van der Waals surface area (Å²) in [6, 6.07) is 6.87. The molecule has 0 aromatic heterocycles. The first-order valence-corrected chi connectivity index (χ1v) is 14.8. The van der Waals surface area contributed by atoms with Gasteiger partial charge in [0.15, 0.2) is 0 Å². The summed E-state index contributed by atoms with van der Waals surface area (Å²) in [5, 5.41) is 0. The molecule has 8 nitrogen and oxygen atoms in total. The first kappa shape index (κ1) is 27.7. The van der Waals surface area contributed by atoms with E-state index in [0.29, 0.717) is 52.3 Å². The van der Waals surface area contributed by atoms with Gasteiger partial charge in [0.2, 0.25) is 0 Å². The predicted octanol–water partition coefficient (Wildman–Crippen LogP) is 6.32. The van der Waals surface area contributed by atoms with Crippen LogP contribution in [0.15, 0.2) is 37.4 Å². The first-order valence-electron chi connectivity index (χ1n) is 14.8. The first-order chi connectivity index (χ1) is 20.3. The molecule has 0 unspecified atom stereocenters. The van der Waals surface area contributed by atoms with E-state index in [1.165, 1.54) is 0 Å². The molecule has 42 heavy (non-hydrogen) atoms. The Balaban J connectivity index is 1.49. The van der Waals surface area contributed by atoms with Gasteiger partial charge in [-0.15, -0.1) is 0 Å². The number of nitrogens with zero attached hydrogens (tertiary/aromatic N) is 2. The van der Waals surface area contributed by atoms with Gasteiger partial charge >= 0.3 is 11.9 Å². The van der Waals surface area contributed by atoms with Gasteiger partial charge < -0.3 is 19.3 Å². The van der Waals surface area contributed by atoms with Crippen LogP contribution in [0.2, 0.25) is 0 Å². The van der Waals surface area contributed by atoms with Crippen molar-refractivity contribution >= 4 is 57.4 Å². The Morgan fingerprint density at radius 2 is 1.12 bits per heavy atom. The second-order valence-corrected chi connectivity index (χ2v) is 11.3. The number of ether oxygens (including phenoxy) is 2. The van der Waals surface area contributed by atoms with Gasteiger partial charge in [-0.05, 0) is 37.1 Å². The molecule has 0 N–H and O–H groups in total. The zero-order valence-corrected chi connectivity index (χ0v) is 24.1. The molecule has 0 bridgehead atoms. The van der Waals surface area contributed by atoms with Gasteiger partial charge in [0.1, 0.15) is 11.5 Å². The number of amides is 2. The lowest BCUT2D eigenvalue weighted by molar-refractivity contribution is -0.127.